The molecule has 2 rings (SSSR count). The van der Waals surface area contributed by atoms with Crippen molar-refractivity contribution < 1.29 is 9.53 Å². The van der Waals surface area contributed by atoms with Gasteiger partial charge in [-0.2, -0.15) is 0 Å². The highest BCUT2D eigenvalue weighted by Gasteiger charge is 2.06. The number of hydrogen-bond donors (Lipinski definition) is 0. The predicted molar refractivity (Wildman–Crippen MR) is 66.3 cm³/mol. The van der Waals surface area contributed by atoms with Crippen LogP contribution < -0.4 is 4.74 Å². The highest BCUT2D eigenvalue weighted by atomic mass is 16.5. The Balaban J connectivity index is 2.51. The molecule has 0 aliphatic heterocycles. The molecule has 17 heavy (non-hydrogen) atoms. The maximum absolute atomic E-state index is 10.7. The van der Waals surface area contributed by atoms with Crippen LogP contribution in [0.5, 0.6) is 5.75 Å². The molecule has 1 heterocycles. The molecule has 0 bridgehead atoms. The number of aromatic nitrogens is 1. The van der Waals surface area contributed by atoms with E-state index in [0.717, 1.165) is 23.1 Å². The highest BCUT2D eigenvalue weighted by Crippen LogP contribution is 2.30. The Morgan fingerprint density at radius 3 is 2.65 bits per heavy atom. The summed E-state index contributed by atoms with van der Waals surface area (Å²) in [5.74, 6) is 0.681. The number of carbonyl (C=O) groups is 1. The summed E-state index contributed by atoms with van der Waals surface area (Å²) < 4.78 is 5.29. The molecular weight excluding hydrogens is 214 g/mol. The molecule has 0 atom stereocenters. The second kappa shape index (κ2) is 4.78. The predicted octanol–water partition coefficient (Wildman–Crippen LogP) is 2.88. The fourth-order valence-electron chi connectivity index (χ4n) is 1.65. The van der Waals surface area contributed by atoms with Gasteiger partial charge in [0.25, 0.3) is 0 Å². The standard InChI is InChI=1S/C14H13NO2/c1-10-3-5-12(8-15-10)13-6-4-11(9-16)7-14(13)17-2/h3-9H,1-2H3. The Labute approximate surface area is 100 Å². The summed E-state index contributed by atoms with van der Waals surface area (Å²) in [5, 5.41) is 0. The Bertz CT molecular complexity index is 532. The summed E-state index contributed by atoms with van der Waals surface area (Å²) in [6, 6.07) is 9.30. The molecule has 0 aliphatic rings. The van der Waals surface area contributed by atoms with E-state index in [0.29, 0.717) is 11.3 Å². The lowest BCUT2D eigenvalue weighted by Gasteiger charge is -2.09. The summed E-state index contributed by atoms with van der Waals surface area (Å²) in [6.45, 7) is 1.94. The zero-order valence-corrected chi connectivity index (χ0v) is 9.81. The van der Waals surface area contributed by atoms with Crippen LogP contribution in [0.15, 0.2) is 36.5 Å². The lowest BCUT2D eigenvalue weighted by molar-refractivity contribution is 0.112. The van der Waals surface area contributed by atoms with E-state index >= 15 is 0 Å². The van der Waals surface area contributed by atoms with Gasteiger partial charge in [-0.3, -0.25) is 9.78 Å². The molecule has 2 aromatic rings. The van der Waals surface area contributed by atoms with Gasteiger partial charge in [-0.1, -0.05) is 12.1 Å². The summed E-state index contributed by atoms with van der Waals surface area (Å²) in [6.07, 6.45) is 2.60. The number of ether oxygens (including phenoxy) is 1. The van der Waals surface area contributed by atoms with E-state index in [1.165, 1.54) is 0 Å². The van der Waals surface area contributed by atoms with Crippen LogP contribution in [0.4, 0.5) is 0 Å². The maximum atomic E-state index is 10.7. The molecule has 0 spiro atoms. The number of carbonyl (C=O) groups excluding carboxylic acids is 1. The number of nitrogens with zero attached hydrogens (tertiary/aromatic N) is 1. The van der Waals surface area contributed by atoms with E-state index < -0.39 is 0 Å². The molecule has 0 amide bonds. The second-order valence-corrected chi connectivity index (χ2v) is 3.77. The quantitative estimate of drug-likeness (QED) is 0.757. The number of pyridine rings is 1. The van der Waals surface area contributed by atoms with E-state index in [2.05, 4.69) is 4.98 Å². The first kappa shape index (κ1) is 11.3. The van der Waals surface area contributed by atoms with Gasteiger partial charge in [-0.15, -0.1) is 0 Å². The van der Waals surface area contributed by atoms with E-state index in [-0.39, 0.29) is 0 Å². The van der Waals surface area contributed by atoms with E-state index in [1.54, 1.807) is 25.4 Å². The van der Waals surface area contributed by atoms with Gasteiger partial charge in [0.1, 0.15) is 12.0 Å². The Hall–Kier alpha value is -2.16. The minimum Gasteiger partial charge on any atom is -0.496 e. The number of hydrogen-bond acceptors (Lipinski definition) is 3. The third kappa shape index (κ3) is 2.33. The molecule has 0 N–H and O–H groups in total. The van der Waals surface area contributed by atoms with Crippen molar-refractivity contribution >= 4 is 6.29 Å². The molecule has 0 saturated heterocycles. The maximum Gasteiger partial charge on any atom is 0.150 e. The first-order chi connectivity index (χ1) is 8.24. The van der Waals surface area contributed by atoms with Gasteiger partial charge in [0.05, 0.1) is 7.11 Å². The van der Waals surface area contributed by atoms with E-state index in [1.807, 2.05) is 25.1 Å². The zero-order chi connectivity index (χ0) is 12.3. The smallest absolute Gasteiger partial charge is 0.150 e. The first-order valence-electron chi connectivity index (χ1n) is 5.31. The van der Waals surface area contributed by atoms with Crippen LogP contribution in [0.2, 0.25) is 0 Å². The molecule has 3 nitrogen and oxygen atoms in total. The zero-order valence-electron chi connectivity index (χ0n) is 9.81. The normalized spacial score (nSPS) is 10.0. The van der Waals surface area contributed by atoms with Gasteiger partial charge < -0.3 is 4.74 Å². The lowest BCUT2D eigenvalue weighted by Crippen LogP contribution is -1.91. The summed E-state index contributed by atoms with van der Waals surface area (Å²) >= 11 is 0. The van der Waals surface area contributed by atoms with Gasteiger partial charge in [0, 0.05) is 28.6 Å². The van der Waals surface area contributed by atoms with Gasteiger partial charge >= 0.3 is 0 Å². The third-order valence-electron chi connectivity index (χ3n) is 2.58. The molecular formula is C14H13NO2. The molecule has 0 radical (unpaired) electrons. The molecule has 0 aliphatic carbocycles. The van der Waals surface area contributed by atoms with Crippen molar-refractivity contribution in [2.75, 3.05) is 7.11 Å². The van der Waals surface area contributed by atoms with Crippen LogP contribution in [0.3, 0.4) is 0 Å². The summed E-state index contributed by atoms with van der Waals surface area (Å²) in [4.78, 5) is 14.9. The van der Waals surface area contributed by atoms with Gasteiger partial charge in [0.2, 0.25) is 0 Å². The third-order valence-corrected chi connectivity index (χ3v) is 2.58. The van der Waals surface area contributed by atoms with Crippen molar-refractivity contribution in [3.8, 4) is 16.9 Å². The van der Waals surface area contributed by atoms with Crippen LogP contribution in [0, 0.1) is 6.92 Å². The van der Waals surface area contributed by atoms with Gasteiger partial charge in [-0.25, -0.2) is 0 Å². The fraction of sp³-hybridized carbons (Fsp3) is 0.143. The molecule has 3 heteroatoms. The van der Waals surface area contributed by atoms with Crippen molar-refractivity contribution in [3.63, 3.8) is 0 Å². The SMILES string of the molecule is COc1cc(C=O)ccc1-c1ccc(C)nc1. The molecule has 0 unspecified atom stereocenters. The minimum atomic E-state index is 0.602. The topological polar surface area (TPSA) is 39.2 Å². The Morgan fingerprint density at radius 1 is 1.24 bits per heavy atom. The second-order valence-electron chi connectivity index (χ2n) is 3.77. The molecule has 86 valence electrons. The monoisotopic (exact) mass is 227 g/mol. The van der Waals surface area contributed by atoms with Crippen LogP contribution in [0.1, 0.15) is 16.1 Å². The van der Waals surface area contributed by atoms with Gasteiger partial charge in [-0.05, 0) is 25.1 Å². The van der Waals surface area contributed by atoms with Crippen LogP contribution in [-0.2, 0) is 0 Å². The number of aldehydes is 1. The lowest BCUT2D eigenvalue weighted by atomic mass is 10.0. The summed E-state index contributed by atoms with van der Waals surface area (Å²) in [5.41, 5.74) is 3.48. The Kier molecular flexibility index (Phi) is 3.19. The summed E-state index contributed by atoms with van der Waals surface area (Å²) in [7, 11) is 1.59. The van der Waals surface area contributed by atoms with Crippen molar-refractivity contribution in [2.45, 2.75) is 6.92 Å². The van der Waals surface area contributed by atoms with E-state index in [4.69, 9.17) is 4.74 Å². The van der Waals surface area contributed by atoms with Crippen molar-refractivity contribution in [3.05, 3.63) is 47.8 Å². The average molecular weight is 227 g/mol. The number of rotatable bonds is 3. The van der Waals surface area contributed by atoms with Crippen LogP contribution >= 0.6 is 0 Å². The number of benzene rings is 1. The van der Waals surface area contributed by atoms with Crippen molar-refractivity contribution in [1.29, 1.82) is 0 Å². The highest BCUT2D eigenvalue weighted by molar-refractivity contribution is 5.80. The molecule has 0 fully saturated rings. The first-order valence-corrected chi connectivity index (χ1v) is 5.31. The van der Waals surface area contributed by atoms with Crippen LogP contribution in [0.25, 0.3) is 11.1 Å². The van der Waals surface area contributed by atoms with Crippen molar-refractivity contribution in [1.82, 2.24) is 4.98 Å². The van der Waals surface area contributed by atoms with E-state index in [9.17, 15) is 4.79 Å². The largest absolute Gasteiger partial charge is 0.496 e. The molecule has 1 aromatic heterocycles. The van der Waals surface area contributed by atoms with Crippen LogP contribution in [-0.4, -0.2) is 18.4 Å². The average Bonchev–Trinajstić information content (AvgIpc) is 2.39. The minimum absolute atomic E-state index is 0.602. The number of aryl methyl sites for hydroxylation is 1. The Morgan fingerprint density at radius 2 is 2.06 bits per heavy atom. The molecule has 0 saturated carbocycles. The molecule has 1 aromatic carbocycles. The number of methoxy groups -OCH3 is 1. The van der Waals surface area contributed by atoms with Gasteiger partial charge in [0.15, 0.2) is 0 Å². The van der Waals surface area contributed by atoms with Crippen molar-refractivity contribution in [2.24, 2.45) is 0 Å². The fourth-order valence-corrected chi connectivity index (χ4v) is 1.65.